The van der Waals surface area contributed by atoms with Gasteiger partial charge in [0.05, 0.1) is 7.11 Å². The average Bonchev–Trinajstić information content (AvgIpc) is 2.58. The highest BCUT2D eigenvalue weighted by atomic mass is 16.5. The van der Waals surface area contributed by atoms with Gasteiger partial charge >= 0.3 is 0 Å². The highest BCUT2D eigenvalue weighted by Gasteiger charge is 2.09. The van der Waals surface area contributed by atoms with Crippen LogP contribution in [0.4, 0.5) is 11.4 Å². The Balaban J connectivity index is 1.94. The first-order chi connectivity index (χ1) is 11.2. The van der Waals surface area contributed by atoms with Crippen molar-refractivity contribution in [2.24, 2.45) is 0 Å². The van der Waals surface area contributed by atoms with Gasteiger partial charge in [-0.2, -0.15) is 0 Å². The van der Waals surface area contributed by atoms with Crippen LogP contribution in [-0.2, 0) is 0 Å². The van der Waals surface area contributed by atoms with E-state index in [1.807, 2.05) is 54.6 Å². The second kappa shape index (κ2) is 6.32. The van der Waals surface area contributed by atoms with Gasteiger partial charge in [0, 0.05) is 16.9 Å². The van der Waals surface area contributed by atoms with Crippen LogP contribution in [0.5, 0.6) is 17.2 Å². The first-order valence-electron chi connectivity index (χ1n) is 7.23. The highest BCUT2D eigenvalue weighted by Crippen LogP contribution is 2.36. The molecule has 0 fully saturated rings. The van der Waals surface area contributed by atoms with E-state index in [1.165, 1.54) is 0 Å². The van der Waals surface area contributed by atoms with Gasteiger partial charge in [0.1, 0.15) is 5.75 Å². The lowest BCUT2D eigenvalue weighted by Crippen LogP contribution is -1.93. The Morgan fingerprint density at radius 2 is 1.52 bits per heavy atom. The summed E-state index contributed by atoms with van der Waals surface area (Å²) in [5.74, 6) is 1.97. The molecule has 0 bridgehead atoms. The molecule has 0 aliphatic heterocycles. The summed E-state index contributed by atoms with van der Waals surface area (Å²) in [4.78, 5) is 0. The maximum atomic E-state index is 6.04. The van der Waals surface area contributed by atoms with Gasteiger partial charge in [0.25, 0.3) is 0 Å². The van der Waals surface area contributed by atoms with Crippen molar-refractivity contribution in [1.82, 2.24) is 0 Å². The summed E-state index contributed by atoms with van der Waals surface area (Å²) in [6, 6.07) is 20.7. The van der Waals surface area contributed by atoms with Crippen LogP contribution in [0.15, 0.2) is 66.7 Å². The van der Waals surface area contributed by atoms with Crippen LogP contribution in [0.1, 0.15) is 0 Å². The van der Waals surface area contributed by atoms with Crippen LogP contribution < -0.4 is 20.9 Å². The predicted octanol–water partition coefficient (Wildman–Crippen LogP) is 4.32. The zero-order valence-electron chi connectivity index (χ0n) is 12.8. The van der Waals surface area contributed by atoms with Gasteiger partial charge in [-0.15, -0.1) is 0 Å². The minimum absolute atomic E-state index is 0.635. The molecule has 0 heterocycles. The van der Waals surface area contributed by atoms with Crippen LogP contribution >= 0.6 is 0 Å². The molecule has 4 N–H and O–H groups in total. The van der Waals surface area contributed by atoms with Crippen LogP contribution in [0.2, 0.25) is 0 Å². The summed E-state index contributed by atoms with van der Waals surface area (Å²) < 4.78 is 11.3. The van der Waals surface area contributed by atoms with Gasteiger partial charge in [-0.25, -0.2) is 0 Å². The summed E-state index contributed by atoms with van der Waals surface area (Å²) in [5.41, 5.74) is 15.1. The first-order valence-corrected chi connectivity index (χ1v) is 7.23. The maximum absolute atomic E-state index is 6.04. The molecule has 0 radical (unpaired) electrons. The summed E-state index contributed by atoms with van der Waals surface area (Å²) >= 11 is 0. The number of anilines is 2. The summed E-state index contributed by atoms with van der Waals surface area (Å²) in [5, 5.41) is 0. The third-order valence-corrected chi connectivity index (χ3v) is 3.54. The maximum Gasteiger partial charge on any atom is 0.169 e. The van der Waals surface area contributed by atoms with Crippen molar-refractivity contribution in [3.63, 3.8) is 0 Å². The molecule has 0 unspecified atom stereocenters. The minimum Gasteiger partial charge on any atom is -0.493 e. The number of hydrogen-bond acceptors (Lipinski definition) is 4. The molecule has 0 atom stereocenters. The molecule has 3 rings (SSSR count). The fourth-order valence-corrected chi connectivity index (χ4v) is 2.34. The van der Waals surface area contributed by atoms with E-state index in [1.54, 1.807) is 19.2 Å². The van der Waals surface area contributed by atoms with E-state index in [9.17, 15) is 0 Å². The van der Waals surface area contributed by atoms with Gasteiger partial charge in [-0.1, -0.05) is 24.3 Å². The minimum atomic E-state index is 0.635. The van der Waals surface area contributed by atoms with Crippen molar-refractivity contribution in [3.8, 4) is 28.4 Å². The Morgan fingerprint density at radius 3 is 2.22 bits per heavy atom. The lowest BCUT2D eigenvalue weighted by molar-refractivity contribution is 0.379. The van der Waals surface area contributed by atoms with E-state index in [-0.39, 0.29) is 0 Å². The van der Waals surface area contributed by atoms with Crippen LogP contribution in [0, 0.1) is 0 Å². The molecule has 3 aromatic rings. The highest BCUT2D eigenvalue weighted by molar-refractivity contribution is 5.77. The number of methoxy groups -OCH3 is 1. The Kier molecular flexibility index (Phi) is 4.06. The molecule has 0 saturated heterocycles. The Hall–Kier alpha value is -3.14. The quantitative estimate of drug-likeness (QED) is 0.704. The third kappa shape index (κ3) is 3.21. The van der Waals surface area contributed by atoms with Crippen molar-refractivity contribution in [2.75, 3.05) is 18.6 Å². The molecule has 0 aromatic heterocycles. The van der Waals surface area contributed by atoms with Gasteiger partial charge < -0.3 is 20.9 Å². The molecule has 116 valence electrons. The van der Waals surface area contributed by atoms with Gasteiger partial charge in [0.15, 0.2) is 11.5 Å². The molecule has 0 amide bonds. The van der Waals surface area contributed by atoms with Crippen LogP contribution in [0.25, 0.3) is 11.1 Å². The van der Waals surface area contributed by atoms with Gasteiger partial charge in [-0.05, 0) is 48.0 Å². The summed E-state index contributed by atoms with van der Waals surface area (Å²) in [6.45, 7) is 0. The number of benzene rings is 3. The zero-order chi connectivity index (χ0) is 16.2. The monoisotopic (exact) mass is 306 g/mol. The third-order valence-electron chi connectivity index (χ3n) is 3.54. The van der Waals surface area contributed by atoms with Crippen molar-refractivity contribution in [2.45, 2.75) is 0 Å². The van der Waals surface area contributed by atoms with Gasteiger partial charge in [0.2, 0.25) is 0 Å². The van der Waals surface area contributed by atoms with E-state index in [4.69, 9.17) is 20.9 Å². The summed E-state index contributed by atoms with van der Waals surface area (Å²) in [6.07, 6.45) is 0. The Labute approximate surface area is 135 Å². The number of hydrogen-bond donors (Lipinski definition) is 2. The Bertz CT molecular complexity index is 814. The predicted molar refractivity (Wildman–Crippen MR) is 93.8 cm³/mol. The SMILES string of the molecule is COc1cc(-c2ccccc2N)ccc1Oc1ccc(N)cc1. The van der Waals surface area contributed by atoms with Crippen molar-refractivity contribution in [1.29, 1.82) is 0 Å². The summed E-state index contributed by atoms with van der Waals surface area (Å²) in [7, 11) is 1.61. The average molecular weight is 306 g/mol. The molecule has 4 heteroatoms. The lowest BCUT2D eigenvalue weighted by Gasteiger charge is -2.13. The molecule has 3 aromatic carbocycles. The van der Waals surface area contributed by atoms with E-state index in [0.717, 1.165) is 16.8 Å². The second-order valence-corrected chi connectivity index (χ2v) is 5.12. The number of ether oxygens (including phenoxy) is 2. The van der Waals surface area contributed by atoms with Crippen molar-refractivity contribution >= 4 is 11.4 Å². The molecule has 0 saturated carbocycles. The van der Waals surface area contributed by atoms with Crippen LogP contribution in [-0.4, -0.2) is 7.11 Å². The molecular weight excluding hydrogens is 288 g/mol. The zero-order valence-corrected chi connectivity index (χ0v) is 12.8. The molecule has 0 aliphatic carbocycles. The number of nitrogens with two attached hydrogens (primary N) is 2. The standard InChI is InChI=1S/C19H18N2O2/c1-22-19-12-13(16-4-2-3-5-17(16)21)6-11-18(19)23-15-9-7-14(20)8-10-15/h2-12H,20-21H2,1H3. The molecule has 4 nitrogen and oxygen atoms in total. The normalized spacial score (nSPS) is 10.3. The van der Waals surface area contributed by atoms with E-state index in [2.05, 4.69) is 0 Å². The largest absolute Gasteiger partial charge is 0.493 e. The molecular formula is C19H18N2O2. The topological polar surface area (TPSA) is 70.5 Å². The van der Waals surface area contributed by atoms with Crippen LogP contribution in [0.3, 0.4) is 0 Å². The second-order valence-electron chi connectivity index (χ2n) is 5.12. The van der Waals surface area contributed by atoms with E-state index in [0.29, 0.717) is 22.9 Å². The first kappa shape index (κ1) is 14.8. The number of para-hydroxylation sites is 1. The van der Waals surface area contributed by atoms with Gasteiger partial charge in [-0.3, -0.25) is 0 Å². The lowest BCUT2D eigenvalue weighted by atomic mass is 10.0. The number of rotatable bonds is 4. The Morgan fingerprint density at radius 1 is 0.783 bits per heavy atom. The van der Waals surface area contributed by atoms with E-state index >= 15 is 0 Å². The van der Waals surface area contributed by atoms with Crippen molar-refractivity contribution in [3.05, 3.63) is 66.7 Å². The van der Waals surface area contributed by atoms with E-state index < -0.39 is 0 Å². The molecule has 0 aliphatic rings. The molecule has 23 heavy (non-hydrogen) atoms. The number of nitrogen functional groups attached to an aromatic ring is 2. The molecule has 0 spiro atoms. The fourth-order valence-electron chi connectivity index (χ4n) is 2.34. The van der Waals surface area contributed by atoms with Crippen molar-refractivity contribution < 1.29 is 9.47 Å². The fraction of sp³-hybridized carbons (Fsp3) is 0.0526. The smallest absolute Gasteiger partial charge is 0.169 e.